The van der Waals surface area contributed by atoms with Gasteiger partial charge in [0.05, 0.1) is 18.7 Å². The van der Waals surface area contributed by atoms with E-state index >= 15 is 0 Å². The summed E-state index contributed by atoms with van der Waals surface area (Å²) in [5.41, 5.74) is 7.65. The number of ether oxygens (including phenoxy) is 1. The van der Waals surface area contributed by atoms with Crippen molar-refractivity contribution >= 4 is 22.8 Å². The van der Waals surface area contributed by atoms with Gasteiger partial charge >= 0.3 is 0 Å². The van der Waals surface area contributed by atoms with E-state index in [0.717, 1.165) is 6.42 Å². The number of anilines is 1. The number of rotatable bonds is 4. The molecule has 3 heterocycles. The molecule has 3 aromatic rings. The molecule has 0 bridgehead atoms. The molecule has 1 amide bonds. The molecule has 1 aliphatic heterocycles. The number of hydrogen-bond acceptors (Lipinski definition) is 6. The molecule has 1 aromatic carbocycles. The van der Waals surface area contributed by atoms with Gasteiger partial charge in [0.25, 0.3) is 5.91 Å². The molecule has 0 radical (unpaired) electrons. The van der Waals surface area contributed by atoms with Crippen molar-refractivity contribution in [3.05, 3.63) is 41.9 Å². The average molecular weight is 355 g/mol. The standard InChI is InChI=1S/C18H21N5O3/c1-11-20-15-7-12(3-4-16(15)26-11)18(24)23-10-14(25-2)8-13(23)9-22-6-5-17(19)21-22/h3-7,13-14H,8-10H2,1-2H3,(H2,19,21)/t13-,14-/m0/s1. The summed E-state index contributed by atoms with van der Waals surface area (Å²) < 4.78 is 12.8. The van der Waals surface area contributed by atoms with Crippen LogP contribution in [0.1, 0.15) is 22.7 Å². The summed E-state index contributed by atoms with van der Waals surface area (Å²) in [4.78, 5) is 19.3. The zero-order valence-corrected chi connectivity index (χ0v) is 14.8. The Morgan fingerprint density at radius 2 is 2.27 bits per heavy atom. The Morgan fingerprint density at radius 1 is 1.42 bits per heavy atom. The van der Waals surface area contributed by atoms with Gasteiger partial charge in [-0.25, -0.2) is 4.98 Å². The molecule has 0 saturated carbocycles. The minimum absolute atomic E-state index is 0.00915. The SMILES string of the molecule is CO[C@H]1C[C@@H](Cn2ccc(N)n2)N(C(=O)c2ccc3oc(C)nc3c2)C1. The Kier molecular flexibility index (Phi) is 4.12. The maximum atomic E-state index is 13.1. The molecule has 2 atom stereocenters. The predicted octanol–water partition coefficient (Wildman–Crippen LogP) is 1.84. The number of carbonyl (C=O) groups excluding carboxylic acids is 1. The topological polar surface area (TPSA) is 99.4 Å². The Labute approximate surface area is 150 Å². The van der Waals surface area contributed by atoms with Gasteiger partial charge in [0.1, 0.15) is 11.3 Å². The highest BCUT2D eigenvalue weighted by atomic mass is 16.5. The second-order valence-corrected chi connectivity index (χ2v) is 6.58. The van der Waals surface area contributed by atoms with Crippen LogP contribution in [0.3, 0.4) is 0 Å². The molecule has 1 saturated heterocycles. The Hall–Kier alpha value is -2.87. The highest BCUT2D eigenvalue weighted by molar-refractivity contribution is 5.97. The average Bonchev–Trinajstić information content (AvgIpc) is 3.31. The lowest BCUT2D eigenvalue weighted by Crippen LogP contribution is -2.38. The van der Waals surface area contributed by atoms with E-state index in [2.05, 4.69) is 10.1 Å². The molecule has 0 spiro atoms. The van der Waals surface area contributed by atoms with E-state index in [0.29, 0.717) is 41.5 Å². The predicted molar refractivity (Wildman–Crippen MR) is 95.6 cm³/mol. The van der Waals surface area contributed by atoms with Crippen molar-refractivity contribution in [2.75, 3.05) is 19.4 Å². The van der Waals surface area contributed by atoms with Gasteiger partial charge in [0, 0.05) is 32.3 Å². The van der Waals surface area contributed by atoms with Crippen LogP contribution in [0, 0.1) is 6.92 Å². The van der Waals surface area contributed by atoms with Crippen molar-refractivity contribution in [3.63, 3.8) is 0 Å². The first-order chi connectivity index (χ1) is 12.5. The largest absolute Gasteiger partial charge is 0.441 e. The van der Waals surface area contributed by atoms with Gasteiger partial charge in [-0.1, -0.05) is 0 Å². The van der Waals surface area contributed by atoms with Crippen LogP contribution in [-0.4, -0.2) is 51.4 Å². The molecule has 8 heteroatoms. The number of carbonyl (C=O) groups is 1. The molecular weight excluding hydrogens is 334 g/mol. The third-order valence-electron chi connectivity index (χ3n) is 4.77. The van der Waals surface area contributed by atoms with E-state index in [9.17, 15) is 4.79 Å². The number of methoxy groups -OCH3 is 1. The van der Waals surface area contributed by atoms with Crippen LogP contribution >= 0.6 is 0 Å². The van der Waals surface area contributed by atoms with Gasteiger partial charge in [-0.15, -0.1) is 0 Å². The number of nitrogen functional groups attached to an aromatic ring is 1. The molecule has 2 N–H and O–H groups in total. The van der Waals surface area contributed by atoms with E-state index in [1.807, 2.05) is 11.1 Å². The van der Waals surface area contributed by atoms with Crippen LogP contribution in [0.5, 0.6) is 0 Å². The van der Waals surface area contributed by atoms with Crippen LogP contribution < -0.4 is 5.73 Å². The summed E-state index contributed by atoms with van der Waals surface area (Å²) in [6.07, 6.45) is 2.59. The van der Waals surface area contributed by atoms with Gasteiger partial charge in [-0.05, 0) is 30.7 Å². The second-order valence-electron chi connectivity index (χ2n) is 6.58. The van der Waals surface area contributed by atoms with Crippen molar-refractivity contribution in [2.45, 2.75) is 32.0 Å². The van der Waals surface area contributed by atoms with Gasteiger partial charge in [-0.3, -0.25) is 9.48 Å². The van der Waals surface area contributed by atoms with Crippen LogP contribution in [0.2, 0.25) is 0 Å². The molecule has 1 fully saturated rings. The van der Waals surface area contributed by atoms with Crippen molar-refractivity contribution in [1.82, 2.24) is 19.7 Å². The Morgan fingerprint density at radius 3 is 3.00 bits per heavy atom. The smallest absolute Gasteiger partial charge is 0.254 e. The van der Waals surface area contributed by atoms with Crippen molar-refractivity contribution in [1.29, 1.82) is 0 Å². The Balaban J connectivity index is 1.60. The first kappa shape index (κ1) is 16.6. The number of hydrogen-bond donors (Lipinski definition) is 1. The number of nitrogens with zero attached hydrogens (tertiary/aromatic N) is 4. The van der Waals surface area contributed by atoms with Crippen LogP contribution in [-0.2, 0) is 11.3 Å². The van der Waals surface area contributed by atoms with Gasteiger partial charge in [-0.2, -0.15) is 5.10 Å². The highest BCUT2D eigenvalue weighted by Gasteiger charge is 2.36. The quantitative estimate of drug-likeness (QED) is 0.767. The lowest BCUT2D eigenvalue weighted by atomic mass is 10.1. The first-order valence-electron chi connectivity index (χ1n) is 8.53. The van der Waals surface area contributed by atoms with Crippen molar-refractivity contribution in [2.24, 2.45) is 0 Å². The van der Waals surface area contributed by atoms with E-state index in [-0.39, 0.29) is 18.1 Å². The zero-order chi connectivity index (χ0) is 18.3. The van der Waals surface area contributed by atoms with Crippen molar-refractivity contribution in [3.8, 4) is 0 Å². The molecular formula is C18H21N5O3. The summed E-state index contributed by atoms with van der Waals surface area (Å²) in [7, 11) is 1.67. The molecule has 0 aliphatic carbocycles. The highest BCUT2D eigenvalue weighted by Crippen LogP contribution is 2.25. The number of nitrogens with two attached hydrogens (primary N) is 1. The third-order valence-corrected chi connectivity index (χ3v) is 4.77. The van der Waals surface area contributed by atoms with Gasteiger partial charge < -0.3 is 19.8 Å². The molecule has 0 unspecified atom stereocenters. The van der Waals surface area contributed by atoms with Crippen LogP contribution in [0.25, 0.3) is 11.1 Å². The number of amides is 1. The fourth-order valence-electron chi connectivity index (χ4n) is 3.50. The van der Waals surface area contributed by atoms with E-state index in [4.69, 9.17) is 14.9 Å². The Bertz CT molecular complexity index is 947. The fourth-order valence-corrected chi connectivity index (χ4v) is 3.50. The van der Waals surface area contributed by atoms with Gasteiger partial charge in [0.2, 0.25) is 0 Å². The normalized spacial score (nSPS) is 20.2. The number of likely N-dealkylation sites (tertiary alicyclic amines) is 1. The van der Waals surface area contributed by atoms with Crippen LogP contribution in [0.15, 0.2) is 34.9 Å². The number of aromatic nitrogens is 3. The summed E-state index contributed by atoms with van der Waals surface area (Å²) in [6.45, 7) is 2.91. The van der Waals surface area contributed by atoms with E-state index < -0.39 is 0 Å². The second kappa shape index (κ2) is 6.45. The number of oxazole rings is 1. The fraction of sp³-hybridized carbons (Fsp3) is 0.389. The summed E-state index contributed by atoms with van der Waals surface area (Å²) in [5.74, 6) is 1.01. The minimum atomic E-state index is -0.0442. The molecule has 8 nitrogen and oxygen atoms in total. The van der Waals surface area contributed by atoms with Crippen LogP contribution in [0.4, 0.5) is 5.82 Å². The monoisotopic (exact) mass is 355 g/mol. The molecule has 4 rings (SSSR count). The molecule has 2 aromatic heterocycles. The lowest BCUT2D eigenvalue weighted by Gasteiger charge is -2.24. The van der Waals surface area contributed by atoms with E-state index in [1.54, 1.807) is 43.0 Å². The maximum Gasteiger partial charge on any atom is 0.254 e. The van der Waals surface area contributed by atoms with Crippen molar-refractivity contribution < 1.29 is 13.9 Å². The van der Waals surface area contributed by atoms with Gasteiger partial charge in [0.15, 0.2) is 11.5 Å². The molecule has 136 valence electrons. The summed E-state index contributed by atoms with van der Waals surface area (Å²) >= 11 is 0. The number of fused-ring (bicyclic) bond motifs is 1. The minimum Gasteiger partial charge on any atom is -0.441 e. The molecule has 1 aliphatic rings. The summed E-state index contributed by atoms with van der Waals surface area (Å²) in [6, 6.07) is 7.07. The first-order valence-corrected chi connectivity index (χ1v) is 8.53. The number of benzene rings is 1. The number of aryl methyl sites for hydroxylation is 1. The lowest BCUT2D eigenvalue weighted by molar-refractivity contribution is 0.0679. The third kappa shape index (κ3) is 3.03. The maximum absolute atomic E-state index is 13.1. The zero-order valence-electron chi connectivity index (χ0n) is 14.8. The summed E-state index contributed by atoms with van der Waals surface area (Å²) in [5, 5.41) is 4.23. The van der Waals surface area contributed by atoms with E-state index in [1.165, 1.54) is 0 Å². The molecule has 26 heavy (non-hydrogen) atoms.